The summed E-state index contributed by atoms with van der Waals surface area (Å²) in [5.74, 6) is 0.308. The summed E-state index contributed by atoms with van der Waals surface area (Å²) < 4.78 is 0. The predicted octanol–water partition coefficient (Wildman–Crippen LogP) is 2.82. The maximum atomic E-state index is 11.4. The van der Waals surface area contributed by atoms with E-state index in [1.165, 1.54) is 12.8 Å². The van der Waals surface area contributed by atoms with Crippen LogP contribution in [0.15, 0.2) is 0 Å². The highest BCUT2D eigenvalue weighted by Crippen LogP contribution is 2.23. The number of amides is 1. The topological polar surface area (TPSA) is 20.3 Å². The zero-order valence-electron chi connectivity index (χ0n) is 9.63. The van der Waals surface area contributed by atoms with Gasteiger partial charge >= 0.3 is 0 Å². The molecule has 2 unspecified atom stereocenters. The van der Waals surface area contributed by atoms with Gasteiger partial charge in [0.1, 0.15) is 0 Å². The zero-order chi connectivity index (χ0) is 10.4. The Balaban J connectivity index is 0.000000671. The van der Waals surface area contributed by atoms with E-state index in [1.807, 2.05) is 25.7 Å². The Bertz CT molecular complexity index is 146. The fourth-order valence-corrected chi connectivity index (χ4v) is 1.87. The fourth-order valence-electron chi connectivity index (χ4n) is 1.87. The number of carbonyl (C=O) groups is 1. The second-order valence-electron chi connectivity index (χ2n) is 3.43. The highest BCUT2D eigenvalue weighted by molar-refractivity contribution is 5.76. The average molecular weight is 185 g/mol. The van der Waals surface area contributed by atoms with Crippen LogP contribution in [0.4, 0.5) is 0 Å². The molecular weight excluding hydrogens is 162 g/mol. The van der Waals surface area contributed by atoms with Crippen molar-refractivity contribution in [1.29, 1.82) is 0 Å². The smallest absolute Gasteiger partial charge is 0.222 e. The highest BCUT2D eigenvalue weighted by atomic mass is 16.2. The summed E-state index contributed by atoms with van der Waals surface area (Å²) in [6.45, 7) is 10.2. The largest absolute Gasteiger partial charge is 0.337 e. The first-order chi connectivity index (χ1) is 6.16. The van der Waals surface area contributed by atoms with Crippen molar-refractivity contribution in [2.45, 2.75) is 66.0 Å². The summed E-state index contributed by atoms with van der Waals surface area (Å²) in [6.07, 6.45) is 2.99. The van der Waals surface area contributed by atoms with Gasteiger partial charge in [-0.1, -0.05) is 20.8 Å². The van der Waals surface area contributed by atoms with Crippen molar-refractivity contribution in [1.82, 2.24) is 4.90 Å². The summed E-state index contributed by atoms with van der Waals surface area (Å²) in [6, 6.07) is 0.940. The molecule has 1 amide bonds. The van der Waals surface area contributed by atoms with Gasteiger partial charge < -0.3 is 4.90 Å². The van der Waals surface area contributed by atoms with E-state index in [-0.39, 0.29) is 0 Å². The van der Waals surface area contributed by atoms with E-state index in [2.05, 4.69) is 13.8 Å². The van der Waals surface area contributed by atoms with E-state index in [0.29, 0.717) is 24.4 Å². The molecule has 0 aliphatic carbocycles. The maximum absolute atomic E-state index is 11.4. The lowest BCUT2D eigenvalue weighted by Gasteiger charge is -2.25. The Labute approximate surface area is 82.3 Å². The number of carbonyl (C=O) groups excluding carboxylic acids is 1. The summed E-state index contributed by atoms with van der Waals surface area (Å²) >= 11 is 0. The third kappa shape index (κ3) is 3.02. The molecule has 0 aromatic rings. The van der Waals surface area contributed by atoms with Crippen LogP contribution in [0.1, 0.15) is 53.9 Å². The lowest BCUT2D eigenvalue weighted by Crippen LogP contribution is -2.37. The third-order valence-electron chi connectivity index (χ3n) is 2.54. The minimum Gasteiger partial charge on any atom is -0.337 e. The van der Waals surface area contributed by atoms with Gasteiger partial charge in [0, 0.05) is 18.5 Å². The molecule has 1 rings (SSSR count). The first kappa shape index (κ1) is 12.5. The van der Waals surface area contributed by atoms with Gasteiger partial charge in [-0.3, -0.25) is 4.79 Å². The van der Waals surface area contributed by atoms with Gasteiger partial charge in [-0.05, 0) is 26.7 Å². The van der Waals surface area contributed by atoms with Gasteiger partial charge in [-0.15, -0.1) is 0 Å². The molecule has 2 nitrogen and oxygen atoms in total. The van der Waals surface area contributed by atoms with E-state index in [0.717, 1.165) is 0 Å². The van der Waals surface area contributed by atoms with Crippen molar-refractivity contribution in [2.75, 3.05) is 0 Å². The molecule has 1 saturated heterocycles. The first-order valence-corrected chi connectivity index (χ1v) is 5.48. The fraction of sp³-hybridized carbons (Fsp3) is 0.909. The van der Waals surface area contributed by atoms with Gasteiger partial charge in [-0.2, -0.15) is 0 Å². The third-order valence-corrected chi connectivity index (χ3v) is 2.54. The van der Waals surface area contributed by atoms with Gasteiger partial charge in [0.15, 0.2) is 0 Å². The molecule has 0 N–H and O–H groups in total. The summed E-state index contributed by atoms with van der Waals surface area (Å²) in [7, 11) is 0. The molecule has 2 heteroatoms. The molecule has 0 radical (unpaired) electrons. The van der Waals surface area contributed by atoms with Crippen molar-refractivity contribution in [3.8, 4) is 0 Å². The van der Waals surface area contributed by atoms with E-state index < -0.39 is 0 Å². The van der Waals surface area contributed by atoms with Gasteiger partial charge in [0.05, 0.1) is 0 Å². The van der Waals surface area contributed by atoms with E-state index in [9.17, 15) is 4.79 Å². The highest BCUT2D eigenvalue weighted by Gasteiger charge is 2.29. The standard InChI is InChI=1S/C9H17NO.C2H6/c1-4-9(11)10-7(2)5-6-8(10)3;1-2/h7-8H,4-6H2,1-3H3;1-2H3. The summed E-state index contributed by atoms with van der Waals surface area (Å²) in [4.78, 5) is 13.4. The van der Waals surface area contributed by atoms with Crippen LogP contribution in [0.3, 0.4) is 0 Å². The second-order valence-corrected chi connectivity index (χ2v) is 3.43. The van der Waals surface area contributed by atoms with Crippen LogP contribution in [-0.2, 0) is 4.79 Å². The van der Waals surface area contributed by atoms with Crippen molar-refractivity contribution < 1.29 is 4.79 Å². The molecule has 13 heavy (non-hydrogen) atoms. The quantitative estimate of drug-likeness (QED) is 0.615. The molecule has 0 aromatic carbocycles. The molecule has 0 spiro atoms. The molecule has 1 aliphatic rings. The van der Waals surface area contributed by atoms with Crippen LogP contribution < -0.4 is 0 Å². The van der Waals surface area contributed by atoms with Crippen LogP contribution in [0.5, 0.6) is 0 Å². The Hall–Kier alpha value is -0.530. The molecule has 1 fully saturated rings. The van der Waals surface area contributed by atoms with Gasteiger partial charge in [-0.25, -0.2) is 0 Å². The van der Waals surface area contributed by atoms with Crippen LogP contribution >= 0.6 is 0 Å². The van der Waals surface area contributed by atoms with Crippen LogP contribution in [-0.4, -0.2) is 22.9 Å². The van der Waals surface area contributed by atoms with Gasteiger partial charge in [0.2, 0.25) is 5.91 Å². The van der Waals surface area contributed by atoms with E-state index >= 15 is 0 Å². The second kappa shape index (κ2) is 6.01. The Morgan fingerprint density at radius 3 is 1.92 bits per heavy atom. The monoisotopic (exact) mass is 185 g/mol. The van der Waals surface area contributed by atoms with Crippen molar-refractivity contribution in [2.24, 2.45) is 0 Å². The Kier molecular flexibility index (Phi) is 5.76. The number of nitrogens with zero attached hydrogens (tertiary/aromatic N) is 1. The van der Waals surface area contributed by atoms with Gasteiger partial charge in [0.25, 0.3) is 0 Å². The normalized spacial score (nSPS) is 26.7. The zero-order valence-corrected chi connectivity index (χ0v) is 9.63. The van der Waals surface area contributed by atoms with Crippen LogP contribution in [0.2, 0.25) is 0 Å². The molecular formula is C11H23NO. The van der Waals surface area contributed by atoms with Crippen LogP contribution in [0.25, 0.3) is 0 Å². The molecule has 2 atom stereocenters. The number of hydrogen-bond acceptors (Lipinski definition) is 1. The molecule has 0 aromatic heterocycles. The van der Waals surface area contributed by atoms with Crippen LogP contribution in [0, 0.1) is 0 Å². The predicted molar refractivity (Wildman–Crippen MR) is 56.6 cm³/mol. The summed E-state index contributed by atoms with van der Waals surface area (Å²) in [5.41, 5.74) is 0. The SMILES string of the molecule is CC.CCC(=O)N1C(C)CCC1C. The lowest BCUT2D eigenvalue weighted by molar-refractivity contribution is -0.133. The van der Waals surface area contributed by atoms with Crippen molar-refractivity contribution in [3.63, 3.8) is 0 Å². The van der Waals surface area contributed by atoms with Crippen molar-refractivity contribution in [3.05, 3.63) is 0 Å². The van der Waals surface area contributed by atoms with E-state index in [1.54, 1.807) is 0 Å². The number of hydrogen-bond donors (Lipinski definition) is 0. The Morgan fingerprint density at radius 2 is 1.62 bits per heavy atom. The first-order valence-electron chi connectivity index (χ1n) is 5.48. The van der Waals surface area contributed by atoms with E-state index in [4.69, 9.17) is 0 Å². The Morgan fingerprint density at radius 1 is 1.23 bits per heavy atom. The molecule has 0 bridgehead atoms. The number of likely N-dealkylation sites (tertiary alicyclic amines) is 1. The molecule has 78 valence electrons. The molecule has 1 aliphatic heterocycles. The number of rotatable bonds is 1. The molecule has 0 saturated carbocycles. The average Bonchev–Trinajstić information content (AvgIpc) is 2.49. The minimum atomic E-state index is 0.308. The lowest BCUT2D eigenvalue weighted by atomic mass is 10.2. The molecule has 1 heterocycles. The summed E-state index contributed by atoms with van der Waals surface area (Å²) in [5, 5.41) is 0. The maximum Gasteiger partial charge on any atom is 0.222 e. The van der Waals surface area contributed by atoms with Crippen molar-refractivity contribution >= 4 is 5.91 Å². The minimum absolute atomic E-state index is 0.308.